The highest BCUT2D eigenvalue weighted by Gasteiger charge is 2.24. The van der Waals surface area contributed by atoms with Crippen LogP contribution < -0.4 is 0 Å². The van der Waals surface area contributed by atoms with Crippen molar-refractivity contribution in [1.82, 2.24) is 4.90 Å². The minimum Gasteiger partial charge on any atom is -0.292 e. The molecule has 2 aromatic carbocycles. The Morgan fingerprint density at radius 3 is 2.33 bits per heavy atom. The van der Waals surface area contributed by atoms with Crippen LogP contribution in [0.5, 0.6) is 0 Å². The second-order valence-corrected chi connectivity index (χ2v) is 8.47. The number of halogens is 1. The molecule has 24 heavy (non-hydrogen) atoms. The molecule has 0 saturated carbocycles. The number of benzene rings is 2. The molecule has 1 fully saturated rings. The first-order valence-corrected chi connectivity index (χ1v) is 10.1. The van der Waals surface area contributed by atoms with Crippen molar-refractivity contribution in [3.63, 3.8) is 0 Å². The molecule has 3 rings (SSSR count). The van der Waals surface area contributed by atoms with Crippen LogP contribution in [0.3, 0.4) is 0 Å². The standard InChI is InChI=1S/C19H22FNO2S/c1-24(22,23)18-11-5-15(6-12-18)14-21-13-3-2-4-19(21)16-7-9-17(20)10-8-16/h5-12,19H,2-4,13-14H2,1H3. The third kappa shape index (κ3) is 4.02. The fourth-order valence-electron chi connectivity index (χ4n) is 3.32. The Balaban J connectivity index is 1.77. The molecule has 1 aliphatic rings. The molecule has 0 bridgehead atoms. The molecule has 3 nitrogen and oxygen atoms in total. The van der Waals surface area contributed by atoms with Crippen molar-refractivity contribution in [1.29, 1.82) is 0 Å². The number of hydrogen-bond donors (Lipinski definition) is 0. The predicted octanol–water partition coefficient (Wildman–Crippen LogP) is 3.96. The summed E-state index contributed by atoms with van der Waals surface area (Å²) in [4.78, 5) is 2.74. The summed E-state index contributed by atoms with van der Waals surface area (Å²) in [6.45, 7) is 1.77. The Labute approximate surface area is 143 Å². The van der Waals surface area contributed by atoms with Crippen LogP contribution in [0.4, 0.5) is 4.39 Å². The molecule has 1 saturated heterocycles. The van der Waals surface area contributed by atoms with Gasteiger partial charge in [0.15, 0.2) is 9.84 Å². The second kappa shape index (κ2) is 7.03. The minimum absolute atomic E-state index is 0.211. The molecule has 1 atom stereocenters. The summed E-state index contributed by atoms with van der Waals surface area (Å²) in [6.07, 6.45) is 4.61. The first-order chi connectivity index (χ1) is 11.4. The van der Waals surface area contributed by atoms with E-state index in [1.807, 2.05) is 24.3 Å². The normalized spacial score (nSPS) is 19.3. The molecule has 0 amide bonds. The van der Waals surface area contributed by atoms with Gasteiger partial charge in [0, 0.05) is 18.8 Å². The third-order valence-corrected chi connectivity index (χ3v) is 5.73. The third-order valence-electron chi connectivity index (χ3n) is 4.61. The zero-order valence-electron chi connectivity index (χ0n) is 13.8. The maximum absolute atomic E-state index is 13.2. The van der Waals surface area contributed by atoms with Crippen LogP contribution in [0.1, 0.15) is 36.4 Å². The summed E-state index contributed by atoms with van der Waals surface area (Å²) in [5.74, 6) is -0.211. The first kappa shape index (κ1) is 17.1. The van der Waals surface area contributed by atoms with Gasteiger partial charge in [-0.15, -0.1) is 0 Å². The van der Waals surface area contributed by atoms with Crippen molar-refractivity contribution in [2.75, 3.05) is 12.8 Å². The van der Waals surface area contributed by atoms with E-state index in [1.54, 1.807) is 12.1 Å². The summed E-state index contributed by atoms with van der Waals surface area (Å²) >= 11 is 0. The number of sulfone groups is 1. The lowest BCUT2D eigenvalue weighted by Crippen LogP contribution is -2.32. The van der Waals surface area contributed by atoms with Crippen molar-refractivity contribution in [2.45, 2.75) is 36.7 Å². The van der Waals surface area contributed by atoms with E-state index in [2.05, 4.69) is 4.90 Å². The predicted molar refractivity (Wildman–Crippen MR) is 93.0 cm³/mol. The van der Waals surface area contributed by atoms with E-state index in [-0.39, 0.29) is 11.9 Å². The van der Waals surface area contributed by atoms with Gasteiger partial charge in [-0.05, 0) is 54.8 Å². The Morgan fingerprint density at radius 2 is 1.71 bits per heavy atom. The molecular formula is C19H22FNO2S. The molecule has 2 aromatic rings. The topological polar surface area (TPSA) is 37.4 Å². The first-order valence-electron chi connectivity index (χ1n) is 8.22. The van der Waals surface area contributed by atoms with Crippen LogP contribution in [0.2, 0.25) is 0 Å². The SMILES string of the molecule is CS(=O)(=O)c1ccc(CN2CCCCC2c2ccc(F)cc2)cc1. The highest BCUT2D eigenvalue weighted by molar-refractivity contribution is 7.90. The summed E-state index contributed by atoms with van der Waals surface area (Å²) in [5, 5.41) is 0. The van der Waals surface area contributed by atoms with E-state index in [0.29, 0.717) is 4.90 Å². The number of nitrogens with zero attached hydrogens (tertiary/aromatic N) is 1. The van der Waals surface area contributed by atoms with Gasteiger partial charge >= 0.3 is 0 Å². The van der Waals surface area contributed by atoms with Gasteiger partial charge in [-0.1, -0.05) is 30.7 Å². The van der Waals surface area contributed by atoms with Crippen molar-refractivity contribution in [3.05, 3.63) is 65.5 Å². The van der Waals surface area contributed by atoms with Gasteiger partial charge in [-0.2, -0.15) is 0 Å². The largest absolute Gasteiger partial charge is 0.292 e. The van der Waals surface area contributed by atoms with Gasteiger partial charge < -0.3 is 0 Å². The molecule has 1 heterocycles. The van der Waals surface area contributed by atoms with E-state index in [4.69, 9.17) is 0 Å². The zero-order chi connectivity index (χ0) is 17.2. The fourth-order valence-corrected chi connectivity index (χ4v) is 3.95. The van der Waals surface area contributed by atoms with E-state index in [9.17, 15) is 12.8 Å². The van der Waals surface area contributed by atoms with Crippen LogP contribution in [-0.2, 0) is 16.4 Å². The number of likely N-dealkylation sites (tertiary alicyclic amines) is 1. The maximum Gasteiger partial charge on any atom is 0.175 e. The van der Waals surface area contributed by atoms with Gasteiger partial charge in [0.2, 0.25) is 0 Å². The Hall–Kier alpha value is -1.72. The average molecular weight is 347 g/mol. The van der Waals surface area contributed by atoms with Crippen molar-refractivity contribution in [3.8, 4) is 0 Å². The highest BCUT2D eigenvalue weighted by atomic mass is 32.2. The van der Waals surface area contributed by atoms with Crippen LogP contribution >= 0.6 is 0 Å². The van der Waals surface area contributed by atoms with Gasteiger partial charge in [-0.25, -0.2) is 12.8 Å². The summed E-state index contributed by atoms with van der Waals surface area (Å²) in [7, 11) is -3.16. The van der Waals surface area contributed by atoms with Crippen LogP contribution in [0.25, 0.3) is 0 Å². The lowest BCUT2D eigenvalue weighted by molar-refractivity contribution is 0.140. The van der Waals surface area contributed by atoms with Crippen LogP contribution in [0, 0.1) is 5.82 Å². The molecule has 128 valence electrons. The maximum atomic E-state index is 13.2. The van der Waals surface area contributed by atoms with E-state index in [1.165, 1.54) is 24.8 Å². The lowest BCUT2D eigenvalue weighted by Gasteiger charge is -2.36. The van der Waals surface area contributed by atoms with Gasteiger partial charge in [-0.3, -0.25) is 4.90 Å². The quantitative estimate of drug-likeness (QED) is 0.840. The zero-order valence-corrected chi connectivity index (χ0v) is 14.6. The second-order valence-electron chi connectivity index (χ2n) is 6.45. The molecule has 1 aliphatic heterocycles. The number of hydrogen-bond acceptors (Lipinski definition) is 3. The molecule has 0 aliphatic carbocycles. The molecule has 0 radical (unpaired) electrons. The highest BCUT2D eigenvalue weighted by Crippen LogP contribution is 2.32. The molecule has 0 N–H and O–H groups in total. The molecule has 0 aromatic heterocycles. The van der Waals surface area contributed by atoms with Crippen molar-refractivity contribution < 1.29 is 12.8 Å². The molecule has 5 heteroatoms. The number of rotatable bonds is 4. The summed E-state index contributed by atoms with van der Waals surface area (Å²) in [5.41, 5.74) is 2.24. The van der Waals surface area contributed by atoms with Crippen molar-refractivity contribution in [2.24, 2.45) is 0 Å². The van der Waals surface area contributed by atoms with Gasteiger partial charge in [0.25, 0.3) is 0 Å². The van der Waals surface area contributed by atoms with Crippen molar-refractivity contribution >= 4 is 9.84 Å². The monoisotopic (exact) mass is 347 g/mol. The summed E-state index contributed by atoms with van der Waals surface area (Å²) in [6, 6.07) is 14.2. The smallest absolute Gasteiger partial charge is 0.175 e. The molecule has 0 spiro atoms. The van der Waals surface area contributed by atoms with Gasteiger partial charge in [0.1, 0.15) is 5.82 Å². The Morgan fingerprint density at radius 1 is 1.04 bits per heavy atom. The van der Waals surface area contributed by atoms with Crippen LogP contribution in [0.15, 0.2) is 53.4 Å². The summed E-state index contributed by atoms with van der Waals surface area (Å²) < 4.78 is 36.3. The molecular weight excluding hydrogens is 325 g/mol. The van der Waals surface area contributed by atoms with E-state index in [0.717, 1.165) is 37.1 Å². The molecule has 1 unspecified atom stereocenters. The van der Waals surface area contributed by atoms with E-state index < -0.39 is 9.84 Å². The Kier molecular flexibility index (Phi) is 5.01. The van der Waals surface area contributed by atoms with E-state index >= 15 is 0 Å². The average Bonchev–Trinajstić information content (AvgIpc) is 2.56. The van der Waals surface area contributed by atoms with Crippen LogP contribution in [-0.4, -0.2) is 26.1 Å². The number of piperidine rings is 1. The minimum atomic E-state index is -3.16. The Bertz CT molecular complexity index is 785. The fraction of sp³-hybridized carbons (Fsp3) is 0.368. The lowest BCUT2D eigenvalue weighted by atomic mass is 9.94. The van der Waals surface area contributed by atoms with Gasteiger partial charge in [0.05, 0.1) is 4.90 Å².